The Hall–Kier alpha value is -1.05. The van der Waals surface area contributed by atoms with Crippen molar-refractivity contribution in [3.63, 3.8) is 0 Å². The highest BCUT2D eigenvalue weighted by Crippen LogP contribution is 2.31. The molecule has 2 rings (SSSR count). The van der Waals surface area contributed by atoms with E-state index in [2.05, 4.69) is 20.5 Å². The van der Waals surface area contributed by atoms with Crippen LogP contribution in [0.4, 0.5) is 10.1 Å². The van der Waals surface area contributed by atoms with Gasteiger partial charge in [0, 0.05) is 33.2 Å². The molecule has 0 aliphatic carbocycles. The number of rotatable bonds is 4. The Labute approximate surface area is 122 Å². The van der Waals surface area contributed by atoms with Crippen molar-refractivity contribution in [2.75, 3.05) is 50.1 Å². The van der Waals surface area contributed by atoms with E-state index in [0.717, 1.165) is 36.3 Å². The Morgan fingerprint density at radius 1 is 1.53 bits per heavy atom. The maximum Gasteiger partial charge on any atom is 0.360 e. The largest absolute Gasteiger partial charge is 0.461 e. The second-order valence-electron chi connectivity index (χ2n) is 3.88. The number of nitrogens with one attached hydrogen (secondary N) is 2. The van der Waals surface area contributed by atoms with Crippen LogP contribution in [0.1, 0.15) is 17.4 Å². The van der Waals surface area contributed by atoms with E-state index in [0.29, 0.717) is 12.3 Å². The van der Waals surface area contributed by atoms with Crippen LogP contribution in [0.2, 0.25) is 0 Å². The van der Waals surface area contributed by atoms with Crippen molar-refractivity contribution in [1.29, 1.82) is 0 Å². The first kappa shape index (κ1) is 16.0. The second-order valence-corrected chi connectivity index (χ2v) is 4.86. The number of carbonyl (C=O) groups is 1. The van der Waals surface area contributed by atoms with Gasteiger partial charge >= 0.3 is 5.97 Å². The van der Waals surface area contributed by atoms with Gasteiger partial charge in [-0.3, -0.25) is 0 Å². The lowest BCUT2D eigenvalue weighted by atomic mass is 10.4. The van der Waals surface area contributed by atoms with Crippen molar-refractivity contribution < 1.29 is 9.53 Å². The summed E-state index contributed by atoms with van der Waals surface area (Å²) in [5.74, 6) is -0.362. The van der Waals surface area contributed by atoms with Crippen molar-refractivity contribution in [1.82, 2.24) is 10.3 Å². The van der Waals surface area contributed by atoms with Gasteiger partial charge in [-0.15, -0.1) is 12.4 Å². The fourth-order valence-electron chi connectivity index (χ4n) is 1.81. The van der Waals surface area contributed by atoms with Crippen LogP contribution in [0.25, 0.3) is 0 Å². The summed E-state index contributed by atoms with van der Waals surface area (Å²) < 4.78 is 5.01. The highest BCUT2D eigenvalue weighted by molar-refractivity contribution is 7.19. The second kappa shape index (κ2) is 7.52. The summed E-state index contributed by atoms with van der Waals surface area (Å²) in [7, 11) is 1.79. The van der Waals surface area contributed by atoms with E-state index < -0.39 is 0 Å². The third kappa shape index (κ3) is 3.71. The van der Waals surface area contributed by atoms with Crippen molar-refractivity contribution in [2.45, 2.75) is 6.92 Å². The number of piperazine rings is 1. The highest BCUT2D eigenvalue weighted by atomic mass is 35.5. The first-order valence-electron chi connectivity index (χ1n) is 6.07. The van der Waals surface area contributed by atoms with Gasteiger partial charge in [0.1, 0.15) is 5.00 Å². The first-order chi connectivity index (χ1) is 8.76. The molecule has 1 fully saturated rings. The standard InChI is InChI=1S/C11H18N4O2S.ClH/c1-3-17-10(16)8-9(12-2)18-11(14-8)15-6-4-13-5-7-15;/h12-13H,3-7H2,1-2H3;1H. The van der Waals surface area contributed by atoms with Crippen LogP contribution in [-0.4, -0.2) is 50.8 Å². The van der Waals surface area contributed by atoms with Crippen LogP contribution in [0, 0.1) is 0 Å². The zero-order valence-electron chi connectivity index (χ0n) is 11.1. The van der Waals surface area contributed by atoms with Gasteiger partial charge in [-0.05, 0) is 6.92 Å². The Morgan fingerprint density at radius 3 is 2.79 bits per heavy atom. The molecule has 2 heterocycles. The minimum atomic E-state index is -0.362. The number of hydrogen-bond donors (Lipinski definition) is 2. The smallest absolute Gasteiger partial charge is 0.360 e. The molecule has 1 aromatic rings. The van der Waals surface area contributed by atoms with E-state index >= 15 is 0 Å². The molecule has 1 aliphatic heterocycles. The van der Waals surface area contributed by atoms with Crippen molar-refractivity contribution in [3.8, 4) is 0 Å². The normalized spacial score (nSPS) is 14.7. The Balaban J connectivity index is 0.00000180. The van der Waals surface area contributed by atoms with Gasteiger partial charge in [0.05, 0.1) is 6.61 Å². The highest BCUT2D eigenvalue weighted by Gasteiger charge is 2.22. The molecular weight excluding hydrogens is 288 g/mol. The van der Waals surface area contributed by atoms with Crippen LogP contribution in [0.3, 0.4) is 0 Å². The lowest BCUT2D eigenvalue weighted by molar-refractivity contribution is 0.0521. The maximum absolute atomic E-state index is 11.8. The van der Waals surface area contributed by atoms with Crippen molar-refractivity contribution in [3.05, 3.63) is 5.69 Å². The fourth-order valence-corrected chi connectivity index (χ4v) is 2.77. The Kier molecular flexibility index (Phi) is 6.33. The molecular formula is C11H19ClN4O2S. The molecule has 0 atom stereocenters. The summed E-state index contributed by atoms with van der Waals surface area (Å²) in [6, 6.07) is 0. The van der Waals surface area contributed by atoms with Crippen LogP contribution in [0.15, 0.2) is 0 Å². The lowest BCUT2D eigenvalue weighted by Crippen LogP contribution is -2.43. The molecule has 2 N–H and O–H groups in total. The zero-order valence-corrected chi connectivity index (χ0v) is 12.7. The predicted molar refractivity (Wildman–Crippen MR) is 79.9 cm³/mol. The molecule has 0 unspecified atom stereocenters. The zero-order chi connectivity index (χ0) is 13.0. The minimum absolute atomic E-state index is 0. The molecule has 0 radical (unpaired) electrons. The third-order valence-corrected chi connectivity index (χ3v) is 3.83. The monoisotopic (exact) mass is 306 g/mol. The van der Waals surface area contributed by atoms with Gasteiger partial charge in [0.2, 0.25) is 0 Å². The summed E-state index contributed by atoms with van der Waals surface area (Å²) >= 11 is 1.50. The molecule has 0 aromatic carbocycles. The van der Waals surface area contributed by atoms with Crippen LogP contribution >= 0.6 is 23.7 Å². The minimum Gasteiger partial charge on any atom is -0.461 e. The number of esters is 1. The predicted octanol–water partition coefficient (Wildman–Crippen LogP) is 1.19. The van der Waals surface area contributed by atoms with Crippen molar-refractivity contribution in [2.24, 2.45) is 0 Å². The van der Waals surface area contributed by atoms with Gasteiger partial charge in [0.25, 0.3) is 0 Å². The number of carbonyl (C=O) groups excluding carboxylic acids is 1. The van der Waals surface area contributed by atoms with E-state index in [-0.39, 0.29) is 18.4 Å². The van der Waals surface area contributed by atoms with E-state index in [1.807, 2.05) is 0 Å². The number of nitrogens with zero attached hydrogens (tertiary/aromatic N) is 2. The SMILES string of the molecule is CCOC(=O)c1nc(N2CCNCC2)sc1NC.Cl. The Bertz CT molecular complexity index is 421. The van der Waals surface area contributed by atoms with Gasteiger partial charge in [-0.25, -0.2) is 9.78 Å². The van der Waals surface area contributed by atoms with Gasteiger partial charge in [-0.2, -0.15) is 0 Å². The molecule has 6 nitrogen and oxygen atoms in total. The molecule has 19 heavy (non-hydrogen) atoms. The molecule has 8 heteroatoms. The number of aromatic nitrogens is 1. The molecule has 0 saturated carbocycles. The number of ether oxygens (including phenoxy) is 1. The van der Waals surface area contributed by atoms with Gasteiger partial charge in [0.15, 0.2) is 10.8 Å². The van der Waals surface area contributed by atoms with Crippen LogP contribution < -0.4 is 15.5 Å². The summed E-state index contributed by atoms with van der Waals surface area (Å²) in [4.78, 5) is 18.4. The average Bonchev–Trinajstić information content (AvgIpc) is 2.84. The fraction of sp³-hybridized carbons (Fsp3) is 0.636. The third-order valence-electron chi connectivity index (χ3n) is 2.70. The number of hydrogen-bond acceptors (Lipinski definition) is 7. The van der Waals surface area contributed by atoms with Gasteiger partial charge < -0.3 is 20.3 Å². The molecule has 0 amide bonds. The summed E-state index contributed by atoms with van der Waals surface area (Å²) in [6.45, 7) is 5.88. The van der Waals surface area contributed by atoms with Crippen LogP contribution in [0.5, 0.6) is 0 Å². The van der Waals surface area contributed by atoms with E-state index in [1.165, 1.54) is 11.3 Å². The van der Waals surface area contributed by atoms with E-state index in [9.17, 15) is 4.79 Å². The molecule has 1 aromatic heterocycles. The van der Waals surface area contributed by atoms with E-state index in [4.69, 9.17) is 4.74 Å². The summed E-state index contributed by atoms with van der Waals surface area (Å²) in [5, 5.41) is 7.94. The summed E-state index contributed by atoms with van der Waals surface area (Å²) in [6.07, 6.45) is 0. The van der Waals surface area contributed by atoms with E-state index in [1.54, 1.807) is 14.0 Å². The average molecular weight is 307 g/mol. The van der Waals surface area contributed by atoms with Crippen molar-refractivity contribution >= 4 is 39.8 Å². The quantitative estimate of drug-likeness (QED) is 0.815. The molecule has 1 aliphatic rings. The number of thiazole rings is 1. The summed E-state index contributed by atoms with van der Waals surface area (Å²) in [5.41, 5.74) is 0.387. The van der Waals surface area contributed by atoms with Gasteiger partial charge in [-0.1, -0.05) is 11.3 Å². The molecule has 108 valence electrons. The maximum atomic E-state index is 11.8. The molecule has 1 saturated heterocycles. The molecule has 0 spiro atoms. The topological polar surface area (TPSA) is 66.5 Å². The van der Waals surface area contributed by atoms with Crippen LogP contribution in [-0.2, 0) is 4.74 Å². The number of anilines is 2. The molecule has 0 bridgehead atoms. The first-order valence-corrected chi connectivity index (χ1v) is 6.89. The lowest BCUT2D eigenvalue weighted by Gasteiger charge is -2.26. The Morgan fingerprint density at radius 2 is 2.21 bits per heavy atom. The number of halogens is 1.